The molecule has 36 heavy (non-hydrogen) atoms. The van der Waals surface area contributed by atoms with Crippen molar-refractivity contribution in [3.63, 3.8) is 0 Å². The Morgan fingerprint density at radius 1 is 0.972 bits per heavy atom. The molecule has 7 nitrogen and oxygen atoms in total. The van der Waals surface area contributed by atoms with Gasteiger partial charge in [-0.25, -0.2) is 0 Å². The lowest BCUT2D eigenvalue weighted by Gasteiger charge is -2.31. The summed E-state index contributed by atoms with van der Waals surface area (Å²) in [5.74, 6) is -1.60. The van der Waals surface area contributed by atoms with Crippen molar-refractivity contribution < 1.29 is 19.2 Å². The average Bonchev–Trinajstić information content (AvgIpc) is 3.15. The van der Waals surface area contributed by atoms with Gasteiger partial charge >= 0.3 is 0 Å². The molecule has 1 N–H and O–H groups in total. The Bertz CT molecular complexity index is 1120. The van der Waals surface area contributed by atoms with Crippen molar-refractivity contribution in [3.05, 3.63) is 82.3 Å². The number of benzene rings is 2. The number of carbonyl (C=O) groups is 4. The van der Waals surface area contributed by atoms with Crippen LogP contribution in [0.3, 0.4) is 0 Å². The molecule has 1 aliphatic carbocycles. The highest BCUT2D eigenvalue weighted by Gasteiger charge is 2.47. The van der Waals surface area contributed by atoms with Crippen LogP contribution >= 0.6 is 15.9 Å². The summed E-state index contributed by atoms with van der Waals surface area (Å²) in [6.07, 6.45) is 5.32. The first-order chi connectivity index (χ1) is 17.4. The molecule has 8 heteroatoms. The third-order valence-corrected chi connectivity index (χ3v) is 7.46. The van der Waals surface area contributed by atoms with Crippen molar-refractivity contribution in [1.29, 1.82) is 0 Å². The zero-order chi connectivity index (χ0) is 25.7. The fourth-order valence-electron chi connectivity index (χ4n) is 4.95. The summed E-state index contributed by atoms with van der Waals surface area (Å²) >= 11 is 3.43. The number of hydrogen-bond acceptors (Lipinski definition) is 4. The van der Waals surface area contributed by atoms with Crippen LogP contribution in [-0.2, 0) is 32.1 Å². The van der Waals surface area contributed by atoms with Crippen LogP contribution in [0.25, 0.3) is 0 Å². The monoisotopic (exact) mass is 551 g/mol. The van der Waals surface area contributed by atoms with Crippen LogP contribution in [0.4, 0.5) is 0 Å². The molecule has 0 saturated carbocycles. The fraction of sp³-hybridized carbons (Fsp3) is 0.357. The molecule has 1 saturated heterocycles. The summed E-state index contributed by atoms with van der Waals surface area (Å²) in [7, 11) is 1.56. The number of likely N-dealkylation sites (tertiary alicyclic amines) is 1. The van der Waals surface area contributed by atoms with Gasteiger partial charge < -0.3 is 10.2 Å². The van der Waals surface area contributed by atoms with Crippen molar-refractivity contribution in [1.82, 2.24) is 15.1 Å². The Kier molecular flexibility index (Phi) is 8.36. The molecular weight excluding hydrogens is 522 g/mol. The molecule has 0 spiro atoms. The molecular formula is C28H30BrN3O4. The Morgan fingerprint density at radius 2 is 1.58 bits per heavy atom. The molecule has 0 radical (unpaired) electrons. The lowest BCUT2D eigenvalue weighted by Crippen LogP contribution is -2.50. The van der Waals surface area contributed by atoms with Crippen LogP contribution in [0.5, 0.6) is 0 Å². The first kappa shape index (κ1) is 25.8. The Labute approximate surface area is 219 Å². The van der Waals surface area contributed by atoms with Crippen LogP contribution in [0.15, 0.2) is 71.2 Å². The number of imide groups is 1. The first-order valence-corrected chi connectivity index (χ1v) is 13.0. The first-order valence-electron chi connectivity index (χ1n) is 12.2. The SMILES string of the molecule is CNC(=O)[C@@H](Cc1ccccc1)N(Cc1ccc(Br)cc1)C(=O)CCN1C(=O)[C@H]2CC=CC[C@H]2C1=O. The van der Waals surface area contributed by atoms with Gasteiger partial charge in [0.1, 0.15) is 6.04 Å². The summed E-state index contributed by atoms with van der Waals surface area (Å²) < 4.78 is 0.915. The number of nitrogens with zero attached hydrogens (tertiary/aromatic N) is 2. The van der Waals surface area contributed by atoms with Gasteiger partial charge in [-0.15, -0.1) is 0 Å². The second-order valence-electron chi connectivity index (χ2n) is 9.20. The molecule has 188 valence electrons. The van der Waals surface area contributed by atoms with Crippen LogP contribution in [0, 0.1) is 11.8 Å². The lowest BCUT2D eigenvalue weighted by molar-refractivity contribution is -0.144. The molecule has 0 aromatic heterocycles. The van der Waals surface area contributed by atoms with E-state index in [0.717, 1.165) is 15.6 Å². The topological polar surface area (TPSA) is 86.8 Å². The molecule has 3 atom stereocenters. The second-order valence-corrected chi connectivity index (χ2v) is 10.1. The third-order valence-electron chi connectivity index (χ3n) is 6.93. The highest BCUT2D eigenvalue weighted by atomic mass is 79.9. The minimum atomic E-state index is -0.745. The number of rotatable bonds is 9. The van der Waals surface area contributed by atoms with Gasteiger partial charge in [-0.2, -0.15) is 0 Å². The highest BCUT2D eigenvalue weighted by Crippen LogP contribution is 2.35. The zero-order valence-corrected chi connectivity index (χ0v) is 21.8. The predicted molar refractivity (Wildman–Crippen MR) is 139 cm³/mol. The molecule has 4 rings (SSSR count). The van der Waals surface area contributed by atoms with Gasteiger partial charge in [0, 0.05) is 37.5 Å². The van der Waals surface area contributed by atoms with Gasteiger partial charge in [-0.3, -0.25) is 24.1 Å². The summed E-state index contributed by atoms with van der Waals surface area (Å²) in [6.45, 7) is 0.250. The number of amides is 4. The quantitative estimate of drug-likeness (QED) is 0.382. The summed E-state index contributed by atoms with van der Waals surface area (Å²) in [6, 6.07) is 16.4. The molecule has 0 unspecified atom stereocenters. The van der Waals surface area contributed by atoms with Crippen LogP contribution in [0.2, 0.25) is 0 Å². The number of carbonyl (C=O) groups excluding carboxylic acids is 4. The van der Waals surface area contributed by atoms with Gasteiger partial charge in [-0.05, 0) is 36.1 Å². The van der Waals surface area contributed by atoms with Crippen LogP contribution < -0.4 is 5.32 Å². The highest BCUT2D eigenvalue weighted by molar-refractivity contribution is 9.10. The van der Waals surface area contributed by atoms with Gasteiger partial charge in [0.15, 0.2) is 0 Å². The van der Waals surface area contributed by atoms with Crippen LogP contribution in [0.1, 0.15) is 30.4 Å². The van der Waals surface area contributed by atoms with E-state index in [-0.39, 0.29) is 55.0 Å². The molecule has 4 amide bonds. The standard InChI is InChI=1S/C28H30BrN3O4/c1-30-26(34)24(17-19-7-3-2-4-8-19)32(18-20-11-13-21(29)14-12-20)25(33)15-16-31-27(35)22-9-5-6-10-23(22)28(31)36/h2-8,11-14,22-24H,9-10,15-18H2,1H3,(H,30,34)/t22-,23+,24-/m1/s1. The number of likely N-dealkylation sites (N-methyl/N-ethyl adjacent to an activating group) is 1. The molecule has 0 bridgehead atoms. The summed E-state index contributed by atoms with van der Waals surface area (Å²) in [5, 5.41) is 2.69. The largest absolute Gasteiger partial charge is 0.357 e. The van der Waals surface area contributed by atoms with Crippen molar-refractivity contribution in [2.45, 2.75) is 38.3 Å². The fourth-order valence-corrected chi connectivity index (χ4v) is 5.21. The second kappa shape index (κ2) is 11.6. The molecule has 2 aromatic rings. The third kappa shape index (κ3) is 5.75. The Hall–Kier alpha value is -3.26. The number of allylic oxidation sites excluding steroid dienone is 2. The van der Waals surface area contributed by atoms with Crippen molar-refractivity contribution in [3.8, 4) is 0 Å². The molecule has 2 aromatic carbocycles. The maximum atomic E-state index is 13.6. The van der Waals surface area contributed by atoms with Gasteiger partial charge in [0.25, 0.3) is 0 Å². The number of hydrogen-bond donors (Lipinski definition) is 1. The van der Waals surface area contributed by atoms with E-state index in [4.69, 9.17) is 0 Å². The minimum Gasteiger partial charge on any atom is -0.357 e. The van der Waals surface area contributed by atoms with E-state index in [9.17, 15) is 19.2 Å². The van der Waals surface area contributed by atoms with E-state index in [2.05, 4.69) is 21.2 Å². The number of nitrogens with one attached hydrogen (secondary N) is 1. The summed E-state index contributed by atoms with van der Waals surface area (Å²) in [5.41, 5.74) is 1.81. The van der Waals surface area contributed by atoms with E-state index in [1.807, 2.05) is 66.7 Å². The maximum Gasteiger partial charge on any atom is 0.242 e. The average molecular weight is 552 g/mol. The van der Waals surface area contributed by atoms with Crippen molar-refractivity contribution >= 4 is 39.6 Å². The Morgan fingerprint density at radius 3 is 2.17 bits per heavy atom. The normalized spacial score (nSPS) is 19.7. The molecule has 1 fully saturated rings. The van der Waals surface area contributed by atoms with Crippen LogP contribution in [-0.4, -0.2) is 53.1 Å². The number of fused-ring (bicyclic) bond motifs is 1. The van der Waals surface area contributed by atoms with E-state index in [1.165, 1.54) is 4.90 Å². The molecule has 2 aliphatic rings. The van der Waals surface area contributed by atoms with E-state index in [0.29, 0.717) is 19.3 Å². The van der Waals surface area contributed by atoms with Gasteiger partial charge in [-0.1, -0.05) is 70.5 Å². The van der Waals surface area contributed by atoms with E-state index < -0.39 is 6.04 Å². The maximum absolute atomic E-state index is 13.6. The zero-order valence-electron chi connectivity index (χ0n) is 20.2. The van der Waals surface area contributed by atoms with Gasteiger partial charge in [0.05, 0.1) is 11.8 Å². The van der Waals surface area contributed by atoms with Gasteiger partial charge in [0.2, 0.25) is 23.6 Å². The summed E-state index contributed by atoms with van der Waals surface area (Å²) in [4.78, 5) is 55.2. The molecule has 1 aliphatic heterocycles. The minimum absolute atomic E-state index is 0.0200. The smallest absolute Gasteiger partial charge is 0.242 e. The van der Waals surface area contributed by atoms with E-state index >= 15 is 0 Å². The lowest BCUT2D eigenvalue weighted by atomic mass is 9.85. The predicted octanol–water partition coefficient (Wildman–Crippen LogP) is 3.48. The molecule has 1 heterocycles. The number of halogens is 1. The van der Waals surface area contributed by atoms with Crippen molar-refractivity contribution in [2.75, 3.05) is 13.6 Å². The van der Waals surface area contributed by atoms with E-state index in [1.54, 1.807) is 11.9 Å². The Balaban J connectivity index is 1.55. The van der Waals surface area contributed by atoms with Crippen molar-refractivity contribution in [2.24, 2.45) is 11.8 Å².